The molecule has 1 aliphatic heterocycles. The van der Waals surface area contributed by atoms with Crippen LogP contribution in [0.25, 0.3) is 6.08 Å². The lowest BCUT2D eigenvalue weighted by Crippen LogP contribution is -2.54. The number of halogens is 4. The molecule has 188 valence electrons. The number of carbonyl (C=O) groups is 2. The van der Waals surface area contributed by atoms with Gasteiger partial charge in [-0.1, -0.05) is 52.5 Å². The van der Waals surface area contributed by atoms with Crippen molar-refractivity contribution in [3.05, 3.63) is 102 Å². The summed E-state index contributed by atoms with van der Waals surface area (Å²) in [6, 6.07) is 13.4. The Hall–Kier alpha value is -3.21. The summed E-state index contributed by atoms with van der Waals surface area (Å²) in [7, 11) is 0. The van der Waals surface area contributed by atoms with Crippen LogP contribution in [0.5, 0.6) is 5.75 Å². The molecular weight excluding hydrogens is 584 g/mol. The van der Waals surface area contributed by atoms with E-state index in [2.05, 4.69) is 5.32 Å². The number of carbonyl (C=O) groups excluding carboxylic acids is 2. The second kappa shape index (κ2) is 11.0. The van der Waals surface area contributed by atoms with Crippen molar-refractivity contribution < 1.29 is 19.2 Å². The third-order valence-electron chi connectivity index (χ3n) is 5.14. The van der Waals surface area contributed by atoms with E-state index >= 15 is 0 Å². The first-order valence-corrected chi connectivity index (χ1v) is 12.2. The first kappa shape index (κ1) is 26.8. The third kappa shape index (κ3) is 5.71. The molecular formula is C24H13Cl4N3O5S. The zero-order valence-corrected chi connectivity index (χ0v) is 22.2. The van der Waals surface area contributed by atoms with E-state index in [1.807, 2.05) is 0 Å². The maximum Gasteiger partial charge on any atom is 0.270 e. The molecule has 0 atom stereocenters. The van der Waals surface area contributed by atoms with E-state index in [-0.39, 0.29) is 54.5 Å². The minimum atomic E-state index is -0.719. The monoisotopic (exact) mass is 595 g/mol. The van der Waals surface area contributed by atoms with E-state index in [4.69, 9.17) is 63.4 Å². The smallest absolute Gasteiger partial charge is 0.270 e. The van der Waals surface area contributed by atoms with Gasteiger partial charge in [-0.2, -0.15) is 0 Å². The topological polar surface area (TPSA) is 102 Å². The molecule has 1 heterocycles. The van der Waals surface area contributed by atoms with E-state index in [1.165, 1.54) is 36.4 Å². The van der Waals surface area contributed by atoms with Gasteiger partial charge in [-0.05, 0) is 65.8 Å². The summed E-state index contributed by atoms with van der Waals surface area (Å²) in [6.45, 7) is 0.0472. The minimum absolute atomic E-state index is 0.0459. The molecule has 0 bridgehead atoms. The number of non-ortho nitro benzene ring substituents is 1. The number of nitro groups is 1. The summed E-state index contributed by atoms with van der Waals surface area (Å²) in [6.07, 6.45) is 1.31. The number of hydrogen-bond donors (Lipinski definition) is 1. The normalized spacial score (nSPS) is 14.6. The molecule has 2 amide bonds. The second-order valence-corrected chi connectivity index (χ2v) is 9.54. The highest BCUT2D eigenvalue weighted by Gasteiger charge is 2.35. The van der Waals surface area contributed by atoms with E-state index in [9.17, 15) is 19.7 Å². The fourth-order valence-corrected chi connectivity index (χ4v) is 4.65. The molecule has 1 fully saturated rings. The molecule has 0 unspecified atom stereocenters. The van der Waals surface area contributed by atoms with Crippen molar-refractivity contribution in [1.82, 2.24) is 5.32 Å². The Labute approximate surface area is 235 Å². The number of hydrogen-bond acceptors (Lipinski definition) is 6. The van der Waals surface area contributed by atoms with Crippen molar-refractivity contribution in [1.29, 1.82) is 0 Å². The summed E-state index contributed by atoms with van der Waals surface area (Å²) in [5.41, 5.74) is 0.929. The molecule has 8 nitrogen and oxygen atoms in total. The minimum Gasteiger partial charge on any atom is -0.486 e. The van der Waals surface area contributed by atoms with Gasteiger partial charge in [-0.15, -0.1) is 0 Å². The van der Waals surface area contributed by atoms with Crippen molar-refractivity contribution in [2.75, 3.05) is 4.90 Å². The van der Waals surface area contributed by atoms with Gasteiger partial charge in [0.05, 0.1) is 30.7 Å². The number of nitrogens with one attached hydrogen (secondary N) is 1. The van der Waals surface area contributed by atoms with Gasteiger partial charge in [0.25, 0.3) is 17.5 Å². The molecule has 0 saturated carbocycles. The zero-order chi connectivity index (χ0) is 26.9. The van der Waals surface area contributed by atoms with Crippen LogP contribution in [0.4, 0.5) is 11.4 Å². The molecule has 0 aromatic heterocycles. The predicted octanol–water partition coefficient (Wildman–Crippen LogP) is 6.62. The van der Waals surface area contributed by atoms with Crippen LogP contribution in [0.2, 0.25) is 20.1 Å². The van der Waals surface area contributed by atoms with Crippen molar-refractivity contribution in [3.8, 4) is 5.75 Å². The molecule has 1 N–H and O–H groups in total. The fourth-order valence-electron chi connectivity index (χ4n) is 3.38. The lowest BCUT2D eigenvalue weighted by atomic mass is 10.1. The molecule has 0 radical (unpaired) electrons. The Morgan fingerprint density at radius 3 is 2.27 bits per heavy atom. The SMILES string of the molecule is O=C1NC(=S)N(c2cccc(Cl)c2Cl)C(=O)/C1=C/c1cc(Cl)c(OCc2ccc([N+](=O)[O-])cc2)c(Cl)c1. The maximum atomic E-state index is 13.3. The van der Waals surface area contributed by atoms with Crippen LogP contribution < -0.4 is 15.0 Å². The number of benzene rings is 3. The van der Waals surface area contributed by atoms with Crippen molar-refractivity contribution in [2.45, 2.75) is 6.61 Å². The summed E-state index contributed by atoms with van der Waals surface area (Å²) >= 11 is 30.3. The van der Waals surface area contributed by atoms with Gasteiger partial charge in [0, 0.05) is 12.1 Å². The average Bonchev–Trinajstić information content (AvgIpc) is 2.84. The standard InChI is InChI=1S/C24H13Cl4N3O5S/c25-16-2-1-3-19(20(16)28)30-23(33)15(22(32)29-24(30)37)8-13-9-17(26)21(18(27)10-13)36-11-12-4-6-14(7-5-12)31(34)35/h1-10H,11H2,(H,29,32,37)/b15-8+. The van der Waals surface area contributed by atoms with Gasteiger partial charge < -0.3 is 4.74 Å². The first-order chi connectivity index (χ1) is 17.6. The third-order valence-corrected chi connectivity index (χ3v) is 6.79. The average molecular weight is 597 g/mol. The number of thiocarbonyl (C=S) groups is 1. The fraction of sp³-hybridized carbons (Fsp3) is 0.0417. The number of ether oxygens (including phenoxy) is 1. The maximum absolute atomic E-state index is 13.3. The van der Waals surface area contributed by atoms with Gasteiger partial charge in [0.1, 0.15) is 12.2 Å². The molecule has 1 aliphatic rings. The lowest BCUT2D eigenvalue weighted by Gasteiger charge is -2.29. The van der Waals surface area contributed by atoms with Crippen LogP contribution in [-0.2, 0) is 16.2 Å². The van der Waals surface area contributed by atoms with Gasteiger partial charge in [-0.25, -0.2) is 0 Å². The van der Waals surface area contributed by atoms with E-state index < -0.39 is 16.7 Å². The Morgan fingerprint density at radius 1 is 1.00 bits per heavy atom. The quantitative estimate of drug-likeness (QED) is 0.113. The number of nitro benzene ring substituents is 1. The highest BCUT2D eigenvalue weighted by atomic mass is 35.5. The summed E-state index contributed by atoms with van der Waals surface area (Å²) in [5.74, 6) is -1.27. The number of rotatable bonds is 6. The molecule has 3 aromatic rings. The number of nitrogens with zero attached hydrogens (tertiary/aromatic N) is 2. The molecule has 0 spiro atoms. The molecule has 1 saturated heterocycles. The number of amides is 2. The van der Waals surface area contributed by atoms with Crippen LogP contribution >= 0.6 is 58.6 Å². The molecule has 0 aliphatic carbocycles. The molecule has 37 heavy (non-hydrogen) atoms. The van der Waals surface area contributed by atoms with E-state index in [0.717, 1.165) is 4.90 Å². The summed E-state index contributed by atoms with van der Waals surface area (Å²) < 4.78 is 5.70. The largest absolute Gasteiger partial charge is 0.486 e. The van der Waals surface area contributed by atoms with Gasteiger partial charge in [-0.3, -0.25) is 29.9 Å². The highest BCUT2D eigenvalue weighted by Crippen LogP contribution is 2.37. The summed E-state index contributed by atoms with van der Waals surface area (Å²) in [5, 5.41) is 13.7. The Bertz CT molecular complexity index is 1470. The van der Waals surface area contributed by atoms with Crippen molar-refractivity contribution >= 4 is 93.0 Å². The molecule has 3 aromatic carbocycles. The van der Waals surface area contributed by atoms with E-state index in [1.54, 1.807) is 24.3 Å². The van der Waals surface area contributed by atoms with Gasteiger partial charge >= 0.3 is 0 Å². The lowest BCUT2D eigenvalue weighted by molar-refractivity contribution is -0.384. The van der Waals surface area contributed by atoms with Crippen LogP contribution in [0.15, 0.2) is 60.2 Å². The predicted molar refractivity (Wildman–Crippen MR) is 147 cm³/mol. The second-order valence-electron chi connectivity index (χ2n) is 7.56. The first-order valence-electron chi connectivity index (χ1n) is 10.3. The summed E-state index contributed by atoms with van der Waals surface area (Å²) in [4.78, 5) is 37.2. The molecule has 13 heteroatoms. The van der Waals surface area contributed by atoms with Crippen LogP contribution in [0, 0.1) is 10.1 Å². The van der Waals surface area contributed by atoms with Crippen LogP contribution in [-0.4, -0.2) is 21.9 Å². The Morgan fingerprint density at radius 2 is 1.65 bits per heavy atom. The van der Waals surface area contributed by atoms with Crippen molar-refractivity contribution in [3.63, 3.8) is 0 Å². The van der Waals surface area contributed by atoms with Crippen LogP contribution in [0.3, 0.4) is 0 Å². The Kier molecular flexibility index (Phi) is 8.01. The van der Waals surface area contributed by atoms with Gasteiger partial charge in [0.15, 0.2) is 10.9 Å². The van der Waals surface area contributed by atoms with Crippen LogP contribution in [0.1, 0.15) is 11.1 Å². The van der Waals surface area contributed by atoms with Gasteiger partial charge in [0.2, 0.25) is 0 Å². The highest BCUT2D eigenvalue weighted by molar-refractivity contribution is 7.80. The zero-order valence-electron chi connectivity index (χ0n) is 18.3. The molecule has 4 rings (SSSR count). The van der Waals surface area contributed by atoms with Crippen molar-refractivity contribution in [2.24, 2.45) is 0 Å². The number of anilines is 1. The van der Waals surface area contributed by atoms with E-state index in [0.29, 0.717) is 11.1 Å². The Balaban J connectivity index is 1.59.